The first-order valence-corrected chi connectivity index (χ1v) is 14.9. The number of imide groups is 1. The summed E-state index contributed by atoms with van der Waals surface area (Å²) in [7, 11) is 0. The van der Waals surface area contributed by atoms with Crippen LogP contribution in [-0.2, 0) is 22.6 Å². The molecule has 2 aliphatic heterocycles. The van der Waals surface area contributed by atoms with Crippen LogP contribution in [0.15, 0.2) is 47.9 Å². The second kappa shape index (κ2) is 14.1. The molecule has 2 aromatic rings. The Balaban J connectivity index is 1.56. The average molecular weight is 604 g/mol. The van der Waals surface area contributed by atoms with E-state index in [9.17, 15) is 14.4 Å². The molecular formula is C30H32Cl2N2O5S. The Hall–Kier alpha value is -2.94. The lowest BCUT2D eigenvalue weighted by atomic mass is 10.0. The lowest BCUT2D eigenvalue weighted by Crippen LogP contribution is -2.42. The molecule has 0 saturated carbocycles. The normalized spacial score (nSPS) is 16.8. The van der Waals surface area contributed by atoms with Crippen LogP contribution in [0.4, 0.5) is 4.79 Å². The molecule has 0 N–H and O–H groups in total. The van der Waals surface area contributed by atoms with Crippen molar-refractivity contribution in [3.8, 4) is 11.5 Å². The first-order valence-electron chi connectivity index (χ1n) is 13.3. The number of amides is 3. The van der Waals surface area contributed by atoms with Crippen molar-refractivity contribution < 1.29 is 23.9 Å². The van der Waals surface area contributed by atoms with E-state index in [-0.39, 0.29) is 24.0 Å². The number of nitrogens with zero attached hydrogens (tertiary/aromatic N) is 2. The van der Waals surface area contributed by atoms with Crippen LogP contribution in [0.5, 0.6) is 11.5 Å². The SMILES string of the molecule is C=CCc1cc(C=C2SC(=O)N(CC(=O)N3CCCCCC3)C2=O)cc(OCC)c1OCc1ccc(Cl)cc1Cl. The summed E-state index contributed by atoms with van der Waals surface area (Å²) in [6.45, 7) is 7.40. The highest BCUT2D eigenvalue weighted by molar-refractivity contribution is 8.18. The molecule has 0 unspecified atom stereocenters. The largest absolute Gasteiger partial charge is 0.490 e. The van der Waals surface area contributed by atoms with Crippen LogP contribution in [0.25, 0.3) is 6.08 Å². The number of halogens is 2. The Bertz CT molecular complexity index is 1320. The smallest absolute Gasteiger partial charge is 0.294 e. The molecule has 212 valence electrons. The van der Waals surface area contributed by atoms with E-state index in [1.807, 2.05) is 13.0 Å². The van der Waals surface area contributed by atoms with Crippen LogP contribution in [0, 0.1) is 0 Å². The Kier molecular flexibility index (Phi) is 10.6. The average Bonchev–Trinajstić information content (AvgIpc) is 3.10. The maximum Gasteiger partial charge on any atom is 0.294 e. The summed E-state index contributed by atoms with van der Waals surface area (Å²) >= 11 is 13.2. The van der Waals surface area contributed by atoms with Gasteiger partial charge in [0.05, 0.1) is 11.5 Å². The predicted octanol–water partition coefficient (Wildman–Crippen LogP) is 7.14. The second-order valence-electron chi connectivity index (χ2n) is 9.52. The molecule has 3 amide bonds. The number of thioether (sulfide) groups is 1. The van der Waals surface area contributed by atoms with Gasteiger partial charge in [0, 0.05) is 34.3 Å². The van der Waals surface area contributed by atoms with Crippen LogP contribution in [0.2, 0.25) is 10.0 Å². The van der Waals surface area contributed by atoms with Gasteiger partial charge in [-0.3, -0.25) is 19.3 Å². The predicted molar refractivity (Wildman–Crippen MR) is 160 cm³/mol. The van der Waals surface area contributed by atoms with Crippen LogP contribution in [0.3, 0.4) is 0 Å². The number of likely N-dealkylation sites (tertiary alicyclic amines) is 1. The molecule has 2 aliphatic rings. The number of hydrogen-bond donors (Lipinski definition) is 0. The van der Waals surface area contributed by atoms with Gasteiger partial charge in [-0.05, 0) is 73.9 Å². The lowest BCUT2D eigenvalue weighted by Gasteiger charge is -2.22. The van der Waals surface area contributed by atoms with Crippen molar-refractivity contribution in [1.82, 2.24) is 9.80 Å². The van der Waals surface area contributed by atoms with Gasteiger partial charge in [0.2, 0.25) is 5.91 Å². The van der Waals surface area contributed by atoms with E-state index >= 15 is 0 Å². The van der Waals surface area contributed by atoms with Crippen molar-refractivity contribution in [3.05, 3.63) is 74.6 Å². The molecule has 0 bridgehead atoms. The Morgan fingerprint density at radius 1 is 1.05 bits per heavy atom. The van der Waals surface area contributed by atoms with E-state index in [4.69, 9.17) is 32.7 Å². The van der Waals surface area contributed by atoms with Crippen molar-refractivity contribution in [1.29, 1.82) is 0 Å². The van der Waals surface area contributed by atoms with Crippen molar-refractivity contribution >= 4 is 58.1 Å². The van der Waals surface area contributed by atoms with Gasteiger partial charge in [-0.1, -0.05) is 48.2 Å². The van der Waals surface area contributed by atoms with Gasteiger partial charge in [-0.25, -0.2) is 0 Å². The molecular weight excluding hydrogens is 571 g/mol. The molecule has 2 fully saturated rings. The van der Waals surface area contributed by atoms with Crippen LogP contribution < -0.4 is 9.47 Å². The fourth-order valence-corrected chi connectivity index (χ4v) is 5.93. The van der Waals surface area contributed by atoms with Crippen molar-refractivity contribution in [2.24, 2.45) is 0 Å². The summed E-state index contributed by atoms with van der Waals surface area (Å²) in [5.74, 6) is 0.369. The third kappa shape index (κ3) is 7.42. The third-order valence-electron chi connectivity index (χ3n) is 6.63. The molecule has 0 atom stereocenters. The molecule has 4 rings (SSSR count). The lowest BCUT2D eigenvalue weighted by molar-refractivity contribution is -0.135. The summed E-state index contributed by atoms with van der Waals surface area (Å²) in [5.41, 5.74) is 2.24. The van der Waals surface area contributed by atoms with E-state index in [0.29, 0.717) is 53.2 Å². The van der Waals surface area contributed by atoms with E-state index in [1.54, 1.807) is 41.3 Å². The number of ether oxygens (including phenoxy) is 2. The molecule has 0 spiro atoms. The third-order valence-corrected chi connectivity index (χ3v) is 8.12. The van der Waals surface area contributed by atoms with Gasteiger partial charge in [0.15, 0.2) is 11.5 Å². The van der Waals surface area contributed by atoms with E-state index in [2.05, 4.69) is 6.58 Å². The highest BCUT2D eigenvalue weighted by atomic mass is 35.5. The molecule has 2 saturated heterocycles. The summed E-state index contributed by atoms with van der Waals surface area (Å²) in [6, 6.07) is 8.86. The standard InChI is InChI=1S/C30H32Cl2N2O5S/c1-3-9-21-14-20(15-25(38-4-2)28(21)39-19-22-10-11-23(31)17-24(22)32)16-26-29(36)34(30(37)40-26)18-27(35)33-12-7-5-6-8-13-33/h3,10-11,14-17H,1,4-9,12-13,18-19H2,2H3. The molecule has 2 aromatic carbocycles. The molecule has 7 nitrogen and oxygen atoms in total. The summed E-state index contributed by atoms with van der Waals surface area (Å²) < 4.78 is 12.1. The highest BCUT2D eigenvalue weighted by Gasteiger charge is 2.37. The van der Waals surface area contributed by atoms with Crippen LogP contribution in [0.1, 0.15) is 49.3 Å². The minimum atomic E-state index is -0.473. The van der Waals surface area contributed by atoms with Crippen LogP contribution >= 0.6 is 35.0 Å². The minimum Gasteiger partial charge on any atom is -0.490 e. The van der Waals surface area contributed by atoms with Gasteiger partial charge in [-0.15, -0.1) is 6.58 Å². The zero-order valence-corrected chi connectivity index (χ0v) is 24.7. The van der Waals surface area contributed by atoms with Crippen molar-refractivity contribution in [3.63, 3.8) is 0 Å². The minimum absolute atomic E-state index is 0.195. The Morgan fingerprint density at radius 2 is 1.80 bits per heavy atom. The maximum atomic E-state index is 13.2. The quantitative estimate of drug-likeness (QED) is 0.212. The van der Waals surface area contributed by atoms with E-state index in [0.717, 1.165) is 53.5 Å². The first-order chi connectivity index (χ1) is 19.3. The maximum absolute atomic E-state index is 13.2. The first kappa shape index (κ1) is 30.0. The number of allylic oxidation sites excluding steroid dienone is 1. The van der Waals surface area contributed by atoms with Gasteiger partial charge in [0.1, 0.15) is 13.2 Å². The number of rotatable bonds is 10. The van der Waals surface area contributed by atoms with E-state index in [1.165, 1.54) is 0 Å². The van der Waals surface area contributed by atoms with Gasteiger partial charge in [-0.2, -0.15) is 0 Å². The summed E-state index contributed by atoms with van der Waals surface area (Å²) in [4.78, 5) is 41.7. The molecule has 0 aliphatic carbocycles. The molecule has 2 heterocycles. The van der Waals surface area contributed by atoms with E-state index < -0.39 is 11.1 Å². The van der Waals surface area contributed by atoms with Gasteiger partial charge < -0.3 is 14.4 Å². The fraction of sp³-hybridized carbons (Fsp3) is 0.367. The molecule has 0 aromatic heterocycles. The number of carbonyl (C=O) groups excluding carboxylic acids is 3. The zero-order valence-electron chi connectivity index (χ0n) is 22.4. The van der Waals surface area contributed by atoms with Crippen molar-refractivity contribution in [2.75, 3.05) is 26.2 Å². The van der Waals surface area contributed by atoms with Crippen LogP contribution in [-0.4, -0.2) is 53.1 Å². The Labute approximate surface area is 249 Å². The topological polar surface area (TPSA) is 76.2 Å². The monoisotopic (exact) mass is 602 g/mol. The molecule has 10 heteroatoms. The number of benzene rings is 2. The molecule has 40 heavy (non-hydrogen) atoms. The van der Waals surface area contributed by atoms with Gasteiger partial charge in [0.25, 0.3) is 11.1 Å². The summed E-state index contributed by atoms with van der Waals surface area (Å²) in [6.07, 6.45) is 7.94. The highest BCUT2D eigenvalue weighted by Crippen LogP contribution is 2.38. The van der Waals surface area contributed by atoms with Gasteiger partial charge >= 0.3 is 0 Å². The van der Waals surface area contributed by atoms with Crippen molar-refractivity contribution in [2.45, 2.75) is 45.6 Å². The summed E-state index contributed by atoms with van der Waals surface area (Å²) in [5, 5.41) is 0.587. The second-order valence-corrected chi connectivity index (χ2v) is 11.4. The number of hydrogen-bond acceptors (Lipinski definition) is 6. The Morgan fingerprint density at radius 3 is 2.48 bits per heavy atom. The fourth-order valence-electron chi connectivity index (χ4n) is 4.63. The number of carbonyl (C=O) groups is 3. The molecule has 0 radical (unpaired) electrons. The zero-order chi connectivity index (χ0) is 28.6.